The van der Waals surface area contributed by atoms with E-state index in [0.717, 1.165) is 9.88 Å². The second-order valence-electron chi connectivity index (χ2n) is 5.07. The molecule has 114 valence electrons. The lowest BCUT2D eigenvalue weighted by atomic mass is 10.4. The van der Waals surface area contributed by atoms with Gasteiger partial charge in [0.2, 0.25) is 5.09 Å². The fourth-order valence-electron chi connectivity index (χ4n) is 1.84. The molecular formula is C13H17N3O3S2. The third-order valence-corrected chi connectivity index (χ3v) is 5.31. The lowest BCUT2D eigenvalue weighted by Crippen LogP contribution is -2.22. The molecule has 2 aromatic rings. The van der Waals surface area contributed by atoms with Crippen molar-refractivity contribution in [1.29, 1.82) is 0 Å². The SMILES string of the molecule is Cc1cnc(CNS(=O)(=O)c2ccc(CNC3CC3)o2)s1. The number of aryl methyl sites for hydroxylation is 1. The largest absolute Gasteiger partial charge is 0.447 e. The van der Waals surface area contributed by atoms with E-state index in [1.54, 1.807) is 12.3 Å². The number of rotatable bonds is 7. The third kappa shape index (κ3) is 3.91. The van der Waals surface area contributed by atoms with Gasteiger partial charge in [-0.05, 0) is 31.9 Å². The maximum Gasteiger partial charge on any atom is 0.274 e. The first kappa shape index (κ1) is 14.7. The molecule has 3 rings (SSSR count). The third-order valence-electron chi connectivity index (χ3n) is 3.13. The van der Waals surface area contributed by atoms with Gasteiger partial charge in [-0.3, -0.25) is 0 Å². The van der Waals surface area contributed by atoms with Crippen LogP contribution in [0.4, 0.5) is 0 Å². The maximum atomic E-state index is 12.1. The monoisotopic (exact) mass is 327 g/mol. The Hall–Kier alpha value is -1.22. The lowest BCUT2D eigenvalue weighted by Gasteiger charge is -2.02. The van der Waals surface area contributed by atoms with E-state index in [4.69, 9.17) is 4.42 Å². The molecule has 0 bridgehead atoms. The Balaban J connectivity index is 1.60. The zero-order valence-corrected chi connectivity index (χ0v) is 13.3. The number of nitrogens with zero attached hydrogens (tertiary/aromatic N) is 1. The summed E-state index contributed by atoms with van der Waals surface area (Å²) < 4.78 is 32.1. The maximum absolute atomic E-state index is 12.1. The summed E-state index contributed by atoms with van der Waals surface area (Å²) in [5.74, 6) is 0.632. The van der Waals surface area contributed by atoms with Crippen molar-refractivity contribution in [3.63, 3.8) is 0 Å². The molecule has 1 saturated carbocycles. The minimum Gasteiger partial charge on any atom is -0.447 e. The van der Waals surface area contributed by atoms with Gasteiger partial charge in [0, 0.05) is 17.1 Å². The van der Waals surface area contributed by atoms with E-state index in [1.807, 2.05) is 6.92 Å². The topological polar surface area (TPSA) is 84.2 Å². The van der Waals surface area contributed by atoms with Crippen LogP contribution in [0.3, 0.4) is 0 Å². The average Bonchev–Trinajstić information content (AvgIpc) is 2.97. The molecule has 2 aromatic heterocycles. The number of hydrogen-bond acceptors (Lipinski definition) is 6. The van der Waals surface area contributed by atoms with Crippen LogP contribution in [0.15, 0.2) is 27.8 Å². The van der Waals surface area contributed by atoms with E-state index in [1.165, 1.54) is 30.2 Å². The van der Waals surface area contributed by atoms with Crippen molar-refractivity contribution in [2.45, 2.75) is 44.0 Å². The fraction of sp³-hybridized carbons (Fsp3) is 0.462. The van der Waals surface area contributed by atoms with Crippen molar-refractivity contribution in [3.8, 4) is 0 Å². The molecule has 0 unspecified atom stereocenters. The summed E-state index contributed by atoms with van der Waals surface area (Å²) in [6.45, 7) is 2.67. The van der Waals surface area contributed by atoms with Crippen LogP contribution in [0, 0.1) is 6.92 Å². The Labute approximate surface area is 127 Å². The van der Waals surface area contributed by atoms with Crippen molar-refractivity contribution >= 4 is 21.4 Å². The van der Waals surface area contributed by atoms with Crippen molar-refractivity contribution < 1.29 is 12.8 Å². The highest BCUT2D eigenvalue weighted by molar-refractivity contribution is 7.89. The molecule has 0 radical (unpaired) electrons. The molecule has 8 heteroatoms. The van der Waals surface area contributed by atoms with Crippen LogP contribution in [0.25, 0.3) is 0 Å². The predicted molar refractivity (Wildman–Crippen MR) is 79.4 cm³/mol. The van der Waals surface area contributed by atoms with Crippen molar-refractivity contribution in [1.82, 2.24) is 15.0 Å². The fourth-order valence-corrected chi connectivity index (χ4v) is 3.59. The predicted octanol–water partition coefficient (Wildman–Crippen LogP) is 1.78. The molecule has 2 N–H and O–H groups in total. The molecule has 1 aliphatic carbocycles. The number of hydrogen-bond donors (Lipinski definition) is 2. The number of furan rings is 1. The van der Waals surface area contributed by atoms with E-state index >= 15 is 0 Å². The summed E-state index contributed by atoms with van der Waals surface area (Å²) in [5.41, 5.74) is 0. The first-order valence-corrected chi connectivity index (χ1v) is 9.06. The van der Waals surface area contributed by atoms with Gasteiger partial charge < -0.3 is 9.73 Å². The van der Waals surface area contributed by atoms with Crippen LogP contribution in [0.2, 0.25) is 0 Å². The van der Waals surface area contributed by atoms with Gasteiger partial charge in [0.05, 0.1) is 13.1 Å². The molecule has 0 saturated heterocycles. The number of thiazole rings is 1. The van der Waals surface area contributed by atoms with Gasteiger partial charge in [0.15, 0.2) is 0 Å². The summed E-state index contributed by atoms with van der Waals surface area (Å²) >= 11 is 1.47. The molecule has 6 nitrogen and oxygen atoms in total. The number of sulfonamides is 1. The van der Waals surface area contributed by atoms with E-state index in [2.05, 4.69) is 15.0 Å². The lowest BCUT2D eigenvalue weighted by molar-refractivity contribution is 0.399. The van der Waals surface area contributed by atoms with Crippen LogP contribution < -0.4 is 10.0 Å². The molecule has 21 heavy (non-hydrogen) atoms. The van der Waals surface area contributed by atoms with Crippen molar-refractivity contribution in [2.75, 3.05) is 0 Å². The summed E-state index contributed by atoms with van der Waals surface area (Å²) in [5, 5.41) is 3.96. The second-order valence-corrected chi connectivity index (χ2v) is 8.08. The Morgan fingerprint density at radius 1 is 1.38 bits per heavy atom. The highest BCUT2D eigenvalue weighted by Crippen LogP contribution is 2.20. The van der Waals surface area contributed by atoms with E-state index in [0.29, 0.717) is 18.3 Å². The van der Waals surface area contributed by atoms with E-state index < -0.39 is 10.0 Å². The molecule has 1 fully saturated rings. The van der Waals surface area contributed by atoms with Crippen molar-refractivity contribution in [2.24, 2.45) is 0 Å². The van der Waals surface area contributed by atoms with Gasteiger partial charge in [0.1, 0.15) is 10.8 Å². The summed E-state index contributed by atoms with van der Waals surface area (Å²) in [4.78, 5) is 5.18. The van der Waals surface area contributed by atoms with Crippen LogP contribution in [0.1, 0.15) is 28.5 Å². The van der Waals surface area contributed by atoms with Crippen LogP contribution >= 0.6 is 11.3 Å². The van der Waals surface area contributed by atoms with E-state index in [9.17, 15) is 8.42 Å². The van der Waals surface area contributed by atoms with Crippen LogP contribution in [-0.2, 0) is 23.1 Å². The molecule has 2 heterocycles. The Morgan fingerprint density at radius 2 is 2.19 bits per heavy atom. The minimum atomic E-state index is -3.63. The Bertz CT molecular complexity index is 717. The average molecular weight is 327 g/mol. The molecule has 0 spiro atoms. The van der Waals surface area contributed by atoms with E-state index in [-0.39, 0.29) is 11.6 Å². The summed E-state index contributed by atoms with van der Waals surface area (Å²) in [7, 11) is -3.63. The number of aromatic nitrogens is 1. The quantitative estimate of drug-likeness (QED) is 0.810. The van der Waals surface area contributed by atoms with Crippen LogP contribution in [0.5, 0.6) is 0 Å². The zero-order chi connectivity index (χ0) is 14.9. The molecular weight excluding hydrogens is 310 g/mol. The Morgan fingerprint density at radius 3 is 2.86 bits per heavy atom. The molecule has 1 aliphatic rings. The first-order valence-electron chi connectivity index (χ1n) is 6.76. The van der Waals surface area contributed by atoms with Gasteiger partial charge in [-0.1, -0.05) is 0 Å². The first-order chi connectivity index (χ1) is 10.0. The summed E-state index contributed by atoms with van der Waals surface area (Å²) in [6, 6.07) is 3.73. The zero-order valence-electron chi connectivity index (χ0n) is 11.6. The van der Waals surface area contributed by atoms with Gasteiger partial charge in [-0.25, -0.2) is 18.1 Å². The molecule has 0 amide bonds. The van der Waals surface area contributed by atoms with Crippen molar-refractivity contribution in [3.05, 3.63) is 34.0 Å². The highest BCUT2D eigenvalue weighted by atomic mass is 32.2. The number of nitrogens with one attached hydrogen (secondary N) is 2. The molecule has 0 aromatic carbocycles. The molecule has 0 atom stereocenters. The van der Waals surface area contributed by atoms with Gasteiger partial charge >= 0.3 is 0 Å². The van der Waals surface area contributed by atoms with Gasteiger partial charge in [-0.2, -0.15) is 0 Å². The van der Waals surface area contributed by atoms with Gasteiger partial charge in [-0.15, -0.1) is 11.3 Å². The smallest absolute Gasteiger partial charge is 0.274 e. The van der Waals surface area contributed by atoms with Gasteiger partial charge in [0.25, 0.3) is 10.0 Å². The minimum absolute atomic E-state index is 0.0524. The van der Waals surface area contributed by atoms with Crippen LogP contribution in [-0.4, -0.2) is 19.4 Å². The normalized spacial score (nSPS) is 15.5. The molecule has 0 aliphatic heterocycles. The highest BCUT2D eigenvalue weighted by Gasteiger charge is 2.22. The standard InChI is InChI=1S/C13H17N3O3S2/c1-9-6-15-12(20-9)8-16-21(17,18)13-5-4-11(19-13)7-14-10-2-3-10/h4-6,10,14,16H,2-3,7-8H2,1H3. The Kier molecular flexibility index (Phi) is 4.12. The second kappa shape index (κ2) is 5.88. The summed E-state index contributed by atoms with van der Waals surface area (Å²) in [6.07, 6.45) is 4.09.